The van der Waals surface area contributed by atoms with Crippen LogP contribution in [0.5, 0.6) is 0 Å². The fourth-order valence-electron chi connectivity index (χ4n) is 2.74. The number of hydrogen-bond acceptors (Lipinski definition) is 4. The summed E-state index contributed by atoms with van der Waals surface area (Å²) in [5.41, 5.74) is 1.84. The Morgan fingerprint density at radius 1 is 1.45 bits per heavy atom. The molecular weight excluding hydrogens is 268 g/mol. The van der Waals surface area contributed by atoms with Crippen LogP contribution in [0.15, 0.2) is 16.8 Å². The predicted octanol–water partition coefficient (Wildman–Crippen LogP) is 2.97. The van der Waals surface area contributed by atoms with E-state index in [0.717, 1.165) is 39.3 Å². The summed E-state index contributed by atoms with van der Waals surface area (Å²) in [5.74, 6) is 0. The molecule has 0 amide bonds. The maximum absolute atomic E-state index is 5.70. The van der Waals surface area contributed by atoms with Crippen LogP contribution < -0.4 is 5.32 Å². The summed E-state index contributed by atoms with van der Waals surface area (Å²) in [6.07, 6.45) is 1.16. The second-order valence-electron chi connectivity index (χ2n) is 7.21. The fraction of sp³-hybridized carbons (Fsp3) is 0.750. The number of ether oxygens (including phenoxy) is 1. The molecule has 1 aromatic rings. The minimum absolute atomic E-state index is 0.168. The van der Waals surface area contributed by atoms with E-state index < -0.39 is 0 Å². The molecule has 1 atom stereocenters. The SMILES string of the molecule is CN(Cc1ccsc1)CC1(CNC(C)(C)C)CCOC1. The maximum Gasteiger partial charge on any atom is 0.0547 e. The second-order valence-corrected chi connectivity index (χ2v) is 7.99. The summed E-state index contributed by atoms with van der Waals surface area (Å²) in [4.78, 5) is 2.43. The van der Waals surface area contributed by atoms with Crippen molar-refractivity contribution < 1.29 is 4.74 Å². The lowest BCUT2D eigenvalue weighted by Gasteiger charge is -2.35. The summed E-state index contributed by atoms with van der Waals surface area (Å²) in [5, 5.41) is 8.05. The standard InChI is InChI=1S/C16H28N2OS/c1-15(2,3)17-11-16(6-7-19-13-16)12-18(4)9-14-5-8-20-10-14/h5,8,10,17H,6-7,9,11-13H2,1-4H3. The number of hydrogen-bond donors (Lipinski definition) is 1. The lowest BCUT2D eigenvalue weighted by Crippen LogP contribution is -2.48. The Morgan fingerprint density at radius 3 is 2.80 bits per heavy atom. The lowest BCUT2D eigenvalue weighted by atomic mass is 9.85. The van der Waals surface area contributed by atoms with E-state index in [1.807, 2.05) is 0 Å². The Kier molecular flexibility index (Phi) is 5.24. The minimum atomic E-state index is 0.168. The van der Waals surface area contributed by atoms with Crippen molar-refractivity contribution in [2.45, 2.75) is 39.3 Å². The van der Waals surface area contributed by atoms with Gasteiger partial charge in [-0.15, -0.1) is 0 Å². The van der Waals surface area contributed by atoms with Crippen LogP contribution in [-0.4, -0.2) is 43.8 Å². The topological polar surface area (TPSA) is 24.5 Å². The Bertz CT molecular complexity index is 391. The molecule has 0 spiro atoms. The molecule has 4 heteroatoms. The first-order chi connectivity index (χ1) is 9.39. The monoisotopic (exact) mass is 296 g/mol. The Balaban J connectivity index is 1.91. The molecule has 0 aromatic carbocycles. The van der Waals surface area contributed by atoms with Gasteiger partial charge in [-0.05, 0) is 56.6 Å². The van der Waals surface area contributed by atoms with Gasteiger partial charge >= 0.3 is 0 Å². The van der Waals surface area contributed by atoms with Crippen LogP contribution in [0.25, 0.3) is 0 Å². The van der Waals surface area contributed by atoms with Gasteiger partial charge in [0.2, 0.25) is 0 Å². The molecule has 0 aliphatic carbocycles. The van der Waals surface area contributed by atoms with E-state index in [2.05, 4.69) is 54.9 Å². The fourth-order valence-corrected chi connectivity index (χ4v) is 3.40. The molecule has 0 bridgehead atoms. The lowest BCUT2D eigenvalue weighted by molar-refractivity contribution is 0.111. The molecule has 2 heterocycles. The van der Waals surface area contributed by atoms with Crippen LogP contribution >= 0.6 is 11.3 Å². The molecule has 1 aliphatic heterocycles. The van der Waals surface area contributed by atoms with Gasteiger partial charge in [0.05, 0.1) is 6.61 Å². The third-order valence-corrected chi connectivity index (χ3v) is 4.55. The van der Waals surface area contributed by atoms with Gasteiger partial charge in [-0.3, -0.25) is 0 Å². The van der Waals surface area contributed by atoms with Crippen molar-refractivity contribution >= 4 is 11.3 Å². The van der Waals surface area contributed by atoms with E-state index in [1.165, 1.54) is 5.56 Å². The number of rotatable bonds is 6. The first kappa shape index (κ1) is 16.0. The van der Waals surface area contributed by atoms with Crippen LogP contribution in [0.2, 0.25) is 0 Å². The molecular formula is C16H28N2OS. The van der Waals surface area contributed by atoms with Gasteiger partial charge in [0.1, 0.15) is 0 Å². The Hall–Kier alpha value is -0.420. The van der Waals surface area contributed by atoms with Gasteiger partial charge < -0.3 is 15.0 Å². The Morgan fingerprint density at radius 2 is 2.25 bits per heavy atom. The molecule has 1 fully saturated rings. The van der Waals surface area contributed by atoms with Crippen molar-refractivity contribution in [3.63, 3.8) is 0 Å². The van der Waals surface area contributed by atoms with Gasteiger partial charge in [0.25, 0.3) is 0 Å². The van der Waals surface area contributed by atoms with E-state index in [0.29, 0.717) is 0 Å². The molecule has 1 aliphatic rings. The van der Waals surface area contributed by atoms with E-state index in [4.69, 9.17) is 4.74 Å². The van der Waals surface area contributed by atoms with Crippen LogP contribution in [0, 0.1) is 5.41 Å². The minimum Gasteiger partial charge on any atom is -0.381 e. The molecule has 1 aromatic heterocycles. The molecule has 3 nitrogen and oxygen atoms in total. The first-order valence-corrected chi connectivity index (χ1v) is 8.35. The van der Waals surface area contributed by atoms with Crippen molar-refractivity contribution in [1.82, 2.24) is 10.2 Å². The zero-order valence-corrected chi connectivity index (χ0v) is 14.1. The normalized spacial score (nSPS) is 23.6. The summed E-state index contributed by atoms with van der Waals surface area (Å²) in [6.45, 7) is 11.6. The zero-order chi connectivity index (χ0) is 14.6. The highest BCUT2D eigenvalue weighted by molar-refractivity contribution is 7.07. The van der Waals surface area contributed by atoms with E-state index in [-0.39, 0.29) is 11.0 Å². The molecule has 0 saturated carbocycles. The highest BCUT2D eigenvalue weighted by atomic mass is 32.1. The molecule has 1 N–H and O–H groups in total. The molecule has 20 heavy (non-hydrogen) atoms. The van der Waals surface area contributed by atoms with Gasteiger partial charge in [0, 0.05) is 37.2 Å². The maximum atomic E-state index is 5.70. The summed E-state index contributed by atoms with van der Waals surface area (Å²) >= 11 is 1.77. The van der Waals surface area contributed by atoms with Crippen molar-refractivity contribution in [1.29, 1.82) is 0 Å². The number of thiophene rings is 1. The molecule has 1 saturated heterocycles. The van der Waals surface area contributed by atoms with Gasteiger partial charge in [0.15, 0.2) is 0 Å². The van der Waals surface area contributed by atoms with Crippen molar-refractivity contribution in [2.24, 2.45) is 5.41 Å². The predicted molar refractivity (Wildman–Crippen MR) is 86.3 cm³/mol. The quantitative estimate of drug-likeness (QED) is 0.873. The summed E-state index contributed by atoms with van der Waals surface area (Å²) in [7, 11) is 2.22. The van der Waals surface area contributed by atoms with Crippen molar-refractivity contribution in [3.8, 4) is 0 Å². The molecule has 1 unspecified atom stereocenters. The van der Waals surface area contributed by atoms with Crippen LogP contribution in [0.3, 0.4) is 0 Å². The second kappa shape index (κ2) is 6.56. The number of nitrogens with zero attached hydrogens (tertiary/aromatic N) is 1. The first-order valence-electron chi connectivity index (χ1n) is 7.41. The molecule has 0 radical (unpaired) electrons. The van der Waals surface area contributed by atoms with E-state index in [9.17, 15) is 0 Å². The highest BCUT2D eigenvalue weighted by Crippen LogP contribution is 2.30. The number of nitrogens with one attached hydrogen (secondary N) is 1. The zero-order valence-electron chi connectivity index (χ0n) is 13.2. The largest absolute Gasteiger partial charge is 0.381 e. The van der Waals surface area contributed by atoms with Crippen LogP contribution in [-0.2, 0) is 11.3 Å². The smallest absolute Gasteiger partial charge is 0.0547 e. The van der Waals surface area contributed by atoms with Gasteiger partial charge in [-0.25, -0.2) is 0 Å². The van der Waals surface area contributed by atoms with E-state index in [1.54, 1.807) is 11.3 Å². The molecule has 2 rings (SSSR count). The summed E-state index contributed by atoms with van der Waals surface area (Å²) in [6, 6.07) is 2.21. The highest BCUT2D eigenvalue weighted by Gasteiger charge is 2.36. The van der Waals surface area contributed by atoms with E-state index >= 15 is 0 Å². The average Bonchev–Trinajstić information content (AvgIpc) is 2.98. The van der Waals surface area contributed by atoms with Crippen molar-refractivity contribution in [3.05, 3.63) is 22.4 Å². The molecule has 114 valence electrons. The van der Waals surface area contributed by atoms with Crippen LogP contribution in [0.4, 0.5) is 0 Å². The third-order valence-electron chi connectivity index (χ3n) is 3.82. The van der Waals surface area contributed by atoms with Crippen molar-refractivity contribution in [2.75, 3.05) is 33.4 Å². The van der Waals surface area contributed by atoms with Crippen LogP contribution in [0.1, 0.15) is 32.8 Å². The average molecular weight is 296 g/mol. The van der Waals surface area contributed by atoms with Gasteiger partial charge in [-0.2, -0.15) is 11.3 Å². The van der Waals surface area contributed by atoms with Gasteiger partial charge in [-0.1, -0.05) is 0 Å². The summed E-state index contributed by atoms with van der Waals surface area (Å²) < 4.78 is 5.70. The Labute approximate surface area is 127 Å². The third kappa shape index (κ3) is 4.85.